The molecule has 0 aliphatic heterocycles. The third kappa shape index (κ3) is 7.97. The predicted molar refractivity (Wildman–Crippen MR) is 60.5 cm³/mol. The van der Waals surface area contributed by atoms with Gasteiger partial charge in [-0.3, -0.25) is 9.59 Å². The second-order valence-electron chi connectivity index (χ2n) is 3.70. The van der Waals surface area contributed by atoms with Crippen molar-refractivity contribution in [2.24, 2.45) is 0 Å². The fraction of sp³-hybridized carbons (Fsp3) is 0.818. The van der Waals surface area contributed by atoms with Gasteiger partial charge in [-0.1, -0.05) is 19.8 Å². The van der Waals surface area contributed by atoms with Crippen LogP contribution in [0.5, 0.6) is 0 Å². The van der Waals surface area contributed by atoms with Crippen molar-refractivity contribution >= 4 is 11.8 Å². The molecule has 0 atom stereocenters. The van der Waals surface area contributed by atoms with Gasteiger partial charge >= 0.3 is 0 Å². The molecular weight excluding hydrogens is 192 g/mol. The van der Waals surface area contributed by atoms with Crippen LogP contribution in [0.3, 0.4) is 0 Å². The van der Waals surface area contributed by atoms with Crippen LogP contribution in [0.15, 0.2) is 0 Å². The molecule has 0 saturated carbocycles. The van der Waals surface area contributed by atoms with Gasteiger partial charge in [-0.2, -0.15) is 0 Å². The Morgan fingerprint density at radius 1 is 1.13 bits per heavy atom. The van der Waals surface area contributed by atoms with Gasteiger partial charge in [-0.25, -0.2) is 0 Å². The maximum absolute atomic E-state index is 11.2. The average Bonchev–Trinajstić information content (AvgIpc) is 2.15. The van der Waals surface area contributed by atoms with E-state index in [1.54, 1.807) is 11.8 Å². The summed E-state index contributed by atoms with van der Waals surface area (Å²) in [4.78, 5) is 23.7. The van der Waals surface area contributed by atoms with E-state index in [2.05, 4.69) is 12.2 Å². The average molecular weight is 214 g/mol. The van der Waals surface area contributed by atoms with Crippen LogP contribution in [0.2, 0.25) is 0 Å². The Hall–Kier alpha value is -1.06. The number of hydrogen-bond donors (Lipinski definition) is 1. The Labute approximate surface area is 92.0 Å². The zero-order chi connectivity index (χ0) is 11.7. The number of carbonyl (C=O) groups excluding carboxylic acids is 2. The zero-order valence-corrected chi connectivity index (χ0v) is 10.0. The monoisotopic (exact) mass is 214 g/mol. The van der Waals surface area contributed by atoms with Crippen molar-refractivity contribution in [2.45, 2.75) is 40.0 Å². The van der Waals surface area contributed by atoms with Crippen molar-refractivity contribution in [1.29, 1.82) is 0 Å². The molecule has 0 aromatic rings. The first kappa shape index (κ1) is 13.9. The minimum absolute atomic E-state index is 0.0490. The number of nitrogens with one attached hydrogen (secondary N) is 1. The van der Waals surface area contributed by atoms with Crippen LogP contribution in [-0.2, 0) is 9.59 Å². The van der Waals surface area contributed by atoms with Gasteiger partial charge in [0.25, 0.3) is 0 Å². The molecule has 0 radical (unpaired) electrons. The first-order valence-corrected chi connectivity index (χ1v) is 5.57. The molecule has 0 bridgehead atoms. The Morgan fingerprint density at radius 3 is 2.27 bits per heavy atom. The minimum Gasteiger partial charge on any atom is -0.355 e. The molecule has 0 heterocycles. The smallest absolute Gasteiger partial charge is 0.219 e. The zero-order valence-electron chi connectivity index (χ0n) is 10.0. The Bertz CT molecular complexity index is 205. The summed E-state index contributed by atoms with van der Waals surface area (Å²) in [6, 6.07) is 0. The van der Waals surface area contributed by atoms with Crippen molar-refractivity contribution < 1.29 is 9.59 Å². The van der Waals surface area contributed by atoms with E-state index in [1.165, 1.54) is 6.92 Å². The molecule has 0 spiro atoms. The molecule has 4 nitrogen and oxygen atoms in total. The molecule has 4 heteroatoms. The molecule has 0 fully saturated rings. The van der Waals surface area contributed by atoms with Crippen LogP contribution in [0.1, 0.15) is 40.0 Å². The first-order valence-electron chi connectivity index (χ1n) is 5.57. The maximum Gasteiger partial charge on any atom is 0.219 e. The molecule has 1 N–H and O–H groups in total. The molecule has 0 unspecified atom stereocenters. The molecular formula is C11H22N2O2. The fourth-order valence-corrected chi connectivity index (χ4v) is 1.35. The summed E-state index contributed by atoms with van der Waals surface area (Å²) in [5.74, 6) is 0.0310. The highest BCUT2D eigenvalue weighted by Crippen LogP contribution is 1.98. The standard InChI is InChI=1S/C11H22N2O2/c1-4-5-6-8-13(11(3)15)9-7-12-10(2)14/h4-9H2,1-3H3,(H,12,14). The lowest BCUT2D eigenvalue weighted by molar-refractivity contribution is -0.129. The van der Waals surface area contributed by atoms with Crippen LogP contribution in [0, 0.1) is 0 Å². The second-order valence-corrected chi connectivity index (χ2v) is 3.70. The predicted octanol–water partition coefficient (Wildman–Crippen LogP) is 1.16. The third-order valence-corrected chi connectivity index (χ3v) is 2.23. The van der Waals surface area contributed by atoms with E-state index < -0.39 is 0 Å². The quantitative estimate of drug-likeness (QED) is 0.647. The SMILES string of the molecule is CCCCCN(CCNC(C)=O)C(C)=O. The highest BCUT2D eigenvalue weighted by atomic mass is 16.2. The number of unbranched alkanes of at least 4 members (excludes halogenated alkanes) is 2. The molecule has 15 heavy (non-hydrogen) atoms. The molecule has 0 rings (SSSR count). The van der Waals surface area contributed by atoms with Crippen molar-refractivity contribution in [2.75, 3.05) is 19.6 Å². The van der Waals surface area contributed by atoms with E-state index >= 15 is 0 Å². The van der Waals surface area contributed by atoms with E-state index in [1.807, 2.05) is 0 Å². The Kier molecular flexibility index (Phi) is 7.68. The second kappa shape index (κ2) is 8.26. The lowest BCUT2D eigenvalue weighted by Gasteiger charge is -2.20. The van der Waals surface area contributed by atoms with Gasteiger partial charge in [0.1, 0.15) is 0 Å². The van der Waals surface area contributed by atoms with Gasteiger partial charge in [0.15, 0.2) is 0 Å². The van der Waals surface area contributed by atoms with E-state index in [9.17, 15) is 9.59 Å². The summed E-state index contributed by atoms with van der Waals surface area (Å²) in [5, 5.41) is 2.69. The molecule has 88 valence electrons. The van der Waals surface area contributed by atoms with E-state index in [0.29, 0.717) is 13.1 Å². The number of amides is 2. The summed E-state index contributed by atoms with van der Waals surface area (Å²) < 4.78 is 0. The largest absolute Gasteiger partial charge is 0.355 e. The number of carbonyl (C=O) groups is 2. The lowest BCUT2D eigenvalue weighted by atomic mass is 10.2. The molecule has 2 amide bonds. The number of rotatable bonds is 7. The highest BCUT2D eigenvalue weighted by molar-refractivity contribution is 5.74. The topological polar surface area (TPSA) is 49.4 Å². The minimum atomic E-state index is -0.0490. The van der Waals surface area contributed by atoms with Crippen molar-refractivity contribution in [3.63, 3.8) is 0 Å². The van der Waals surface area contributed by atoms with E-state index in [-0.39, 0.29) is 11.8 Å². The van der Waals surface area contributed by atoms with Crippen LogP contribution < -0.4 is 5.32 Å². The van der Waals surface area contributed by atoms with Gasteiger partial charge in [-0.05, 0) is 6.42 Å². The molecule has 0 aliphatic rings. The van der Waals surface area contributed by atoms with E-state index in [4.69, 9.17) is 0 Å². The summed E-state index contributed by atoms with van der Waals surface area (Å²) in [7, 11) is 0. The Morgan fingerprint density at radius 2 is 1.80 bits per heavy atom. The summed E-state index contributed by atoms with van der Waals surface area (Å²) >= 11 is 0. The molecule has 0 aromatic carbocycles. The molecule has 0 aromatic heterocycles. The molecule has 0 aliphatic carbocycles. The van der Waals surface area contributed by atoms with Gasteiger partial charge in [0.05, 0.1) is 0 Å². The summed E-state index contributed by atoms with van der Waals surface area (Å²) in [6.07, 6.45) is 3.33. The van der Waals surface area contributed by atoms with Crippen molar-refractivity contribution in [3.05, 3.63) is 0 Å². The van der Waals surface area contributed by atoms with Crippen molar-refractivity contribution in [3.8, 4) is 0 Å². The first-order chi connectivity index (χ1) is 7.07. The molecule has 0 saturated heterocycles. The summed E-state index contributed by atoms with van der Waals surface area (Å²) in [6.45, 7) is 7.13. The highest BCUT2D eigenvalue weighted by Gasteiger charge is 2.07. The van der Waals surface area contributed by atoms with Crippen LogP contribution in [0.25, 0.3) is 0 Å². The van der Waals surface area contributed by atoms with Crippen LogP contribution in [-0.4, -0.2) is 36.3 Å². The van der Waals surface area contributed by atoms with Crippen molar-refractivity contribution in [1.82, 2.24) is 10.2 Å². The van der Waals surface area contributed by atoms with Gasteiger partial charge < -0.3 is 10.2 Å². The van der Waals surface area contributed by atoms with Crippen LogP contribution in [0.4, 0.5) is 0 Å². The maximum atomic E-state index is 11.2. The summed E-state index contributed by atoms with van der Waals surface area (Å²) in [5.41, 5.74) is 0. The van der Waals surface area contributed by atoms with Gasteiger partial charge in [0, 0.05) is 33.5 Å². The van der Waals surface area contributed by atoms with Gasteiger partial charge in [0.2, 0.25) is 11.8 Å². The number of nitrogens with zero attached hydrogens (tertiary/aromatic N) is 1. The lowest BCUT2D eigenvalue weighted by Crippen LogP contribution is -2.37. The fourth-order valence-electron chi connectivity index (χ4n) is 1.35. The third-order valence-electron chi connectivity index (χ3n) is 2.23. The van der Waals surface area contributed by atoms with Gasteiger partial charge in [-0.15, -0.1) is 0 Å². The number of hydrogen-bond acceptors (Lipinski definition) is 2. The Balaban J connectivity index is 3.73. The van der Waals surface area contributed by atoms with E-state index in [0.717, 1.165) is 25.8 Å². The normalized spacial score (nSPS) is 9.80. The van der Waals surface area contributed by atoms with Crippen LogP contribution >= 0.6 is 0 Å².